The van der Waals surface area contributed by atoms with E-state index in [-0.39, 0.29) is 35.6 Å². The summed E-state index contributed by atoms with van der Waals surface area (Å²) in [5, 5.41) is 45.3. The lowest BCUT2D eigenvalue weighted by Crippen LogP contribution is -2.65. The molecule has 6 N–H and O–H groups in total. The highest BCUT2D eigenvalue weighted by atomic mass is 16.3. The van der Waals surface area contributed by atoms with Gasteiger partial charge in [-0.05, 0) is 62.4 Å². The van der Waals surface area contributed by atoms with Crippen LogP contribution in [0.4, 0.5) is 5.69 Å². The summed E-state index contributed by atoms with van der Waals surface area (Å²) in [4.78, 5) is 42.6. The number of carbonyl (C=O) groups excluding carboxylic acids is 3. The maximum Gasteiger partial charge on any atom is 0.255 e. The van der Waals surface area contributed by atoms with Gasteiger partial charge < -0.3 is 31.1 Å². The van der Waals surface area contributed by atoms with Crippen molar-refractivity contribution in [2.24, 2.45) is 23.5 Å². The fraction of sp³-hybridized carbons (Fsp3) is 0.519. The number of ketones is 2. The fourth-order valence-corrected chi connectivity index (χ4v) is 6.34. The van der Waals surface area contributed by atoms with Crippen LogP contribution in [0.5, 0.6) is 5.75 Å². The van der Waals surface area contributed by atoms with Crippen molar-refractivity contribution in [3.05, 3.63) is 39.7 Å². The zero-order valence-electron chi connectivity index (χ0n) is 22.0. The molecule has 0 aliphatic heterocycles. The van der Waals surface area contributed by atoms with Gasteiger partial charge in [0.25, 0.3) is 5.91 Å². The Hall–Kier alpha value is -3.37. The molecule has 4 atom stereocenters. The second-order valence-electron chi connectivity index (χ2n) is 11.2. The number of benzene rings is 1. The van der Waals surface area contributed by atoms with Crippen LogP contribution in [0.15, 0.2) is 23.0 Å². The number of phenols is 1. The first-order chi connectivity index (χ1) is 17.1. The standard InChI is InChI=1S/C27H35N3O7/c1-11(2)7-13-10-16(29(3)4)14-8-12-9-15-20(30(5)6)23(33)19(26(28)36)25(35)27(15,37)24(34)17(12)22(32)18(14)21(13)31/h10-12,15,20,31-32,35,37H,7-9H2,1-6H3,(H2,28,36)/t12-,15-,20+,27-/m1/s1. The molecule has 10 heteroatoms. The molecular weight excluding hydrogens is 478 g/mol. The average Bonchev–Trinajstić information content (AvgIpc) is 2.77. The highest BCUT2D eigenvalue weighted by Gasteiger charge is 2.64. The highest BCUT2D eigenvalue weighted by molar-refractivity contribution is 6.24. The SMILES string of the molecule is CC(C)Cc1cc(N(C)C)c2c(c1O)C(O)=C1C(=O)[C@@]3(O)C(O)=C(C(N)=O)C(=O)[C@@H](N(C)C)[C@H]3C[C@H]1C2. The van der Waals surface area contributed by atoms with Gasteiger partial charge in [0.05, 0.1) is 11.6 Å². The van der Waals surface area contributed by atoms with Crippen LogP contribution in [-0.4, -0.2) is 82.6 Å². The van der Waals surface area contributed by atoms with Crippen molar-refractivity contribution in [1.29, 1.82) is 0 Å². The smallest absolute Gasteiger partial charge is 0.255 e. The molecule has 0 heterocycles. The molecule has 1 amide bonds. The third-order valence-corrected chi connectivity index (χ3v) is 7.89. The molecule has 0 aromatic heterocycles. The number of hydrogen-bond acceptors (Lipinski definition) is 9. The number of aliphatic hydroxyl groups is 3. The predicted octanol–water partition coefficient (Wildman–Crippen LogP) is 1.23. The number of amides is 1. The summed E-state index contributed by atoms with van der Waals surface area (Å²) in [6.07, 6.45) is 0.856. The maximum absolute atomic E-state index is 13.9. The van der Waals surface area contributed by atoms with Crippen molar-refractivity contribution >= 4 is 28.9 Å². The number of aromatic hydroxyl groups is 1. The quantitative estimate of drug-likeness (QED) is 0.364. The van der Waals surface area contributed by atoms with E-state index in [0.29, 0.717) is 17.5 Å². The summed E-state index contributed by atoms with van der Waals surface area (Å²) in [6, 6.07) is 0.779. The normalized spacial score (nSPS) is 27.4. The van der Waals surface area contributed by atoms with Crippen LogP contribution in [0.2, 0.25) is 0 Å². The van der Waals surface area contributed by atoms with Crippen LogP contribution in [0.25, 0.3) is 5.76 Å². The van der Waals surface area contributed by atoms with Crippen molar-refractivity contribution in [2.45, 2.75) is 44.8 Å². The zero-order chi connectivity index (χ0) is 27.7. The number of likely N-dealkylation sites (N-methyl/N-ethyl adjacent to an activating group) is 1. The van der Waals surface area contributed by atoms with E-state index in [1.165, 1.54) is 4.90 Å². The van der Waals surface area contributed by atoms with Gasteiger partial charge in [-0.2, -0.15) is 0 Å². The number of nitrogens with two attached hydrogens (primary N) is 1. The zero-order valence-corrected chi connectivity index (χ0v) is 22.0. The predicted molar refractivity (Wildman–Crippen MR) is 137 cm³/mol. The van der Waals surface area contributed by atoms with Gasteiger partial charge >= 0.3 is 0 Å². The minimum atomic E-state index is -2.64. The van der Waals surface area contributed by atoms with E-state index in [2.05, 4.69) is 0 Å². The monoisotopic (exact) mass is 513 g/mol. The Balaban J connectivity index is 2.00. The van der Waals surface area contributed by atoms with Gasteiger partial charge in [0, 0.05) is 31.3 Å². The average molecular weight is 514 g/mol. The van der Waals surface area contributed by atoms with E-state index in [1.54, 1.807) is 14.1 Å². The number of fused-ring (bicyclic) bond motifs is 3. The summed E-state index contributed by atoms with van der Waals surface area (Å²) in [7, 11) is 6.85. The Bertz CT molecular complexity index is 1280. The van der Waals surface area contributed by atoms with Crippen molar-refractivity contribution in [3.8, 4) is 5.75 Å². The van der Waals surface area contributed by atoms with E-state index in [0.717, 1.165) is 5.69 Å². The van der Waals surface area contributed by atoms with Crippen molar-refractivity contribution in [1.82, 2.24) is 4.90 Å². The van der Waals surface area contributed by atoms with Gasteiger partial charge in [0.1, 0.15) is 22.8 Å². The summed E-state index contributed by atoms with van der Waals surface area (Å²) >= 11 is 0. The molecule has 1 aromatic rings. The number of anilines is 1. The largest absolute Gasteiger partial charge is 0.508 e. The van der Waals surface area contributed by atoms with Gasteiger partial charge in [-0.1, -0.05) is 13.8 Å². The molecule has 1 saturated carbocycles. The molecule has 4 rings (SSSR count). The molecule has 1 aromatic carbocycles. The number of Topliss-reactive ketones (excluding diaryl/α,β-unsaturated/α-hetero) is 2. The first-order valence-electron chi connectivity index (χ1n) is 12.3. The van der Waals surface area contributed by atoms with Crippen LogP contribution in [0.1, 0.15) is 37.0 Å². The van der Waals surface area contributed by atoms with Crippen LogP contribution < -0.4 is 10.6 Å². The van der Waals surface area contributed by atoms with E-state index < -0.39 is 58.0 Å². The van der Waals surface area contributed by atoms with E-state index in [9.17, 15) is 34.8 Å². The number of nitrogens with zero attached hydrogens (tertiary/aromatic N) is 2. The molecular formula is C27H35N3O7. The molecule has 0 radical (unpaired) electrons. The molecule has 200 valence electrons. The number of hydrogen-bond donors (Lipinski definition) is 5. The molecule has 0 spiro atoms. The van der Waals surface area contributed by atoms with Crippen LogP contribution in [0, 0.1) is 17.8 Å². The number of carbonyl (C=O) groups is 3. The molecule has 3 aliphatic carbocycles. The highest BCUT2D eigenvalue weighted by Crippen LogP contribution is 2.54. The summed E-state index contributed by atoms with van der Waals surface area (Å²) in [5.41, 5.74) is 3.93. The van der Waals surface area contributed by atoms with Crippen molar-refractivity contribution in [2.75, 3.05) is 33.1 Å². The molecule has 37 heavy (non-hydrogen) atoms. The van der Waals surface area contributed by atoms with Gasteiger partial charge in [-0.3, -0.25) is 19.3 Å². The molecule has 0 unspecified atom stereocenters. The van der Waals surface area contributed by atoms with Gasteiger partial charge in [0.15, 0.2) is 11.4 Å². The number of aliphatic hydroxyl groups excluding tert-OH is 2. The lowest BCUT2D eigenvalue weighted by Gasteiger charge is -2.50. The fourth-order valence-electron chi connectivity index (χ4n) is 6.34. The van der Waals surface area contributed by atoms with E-state index in [1.807, 2.05) is 38.9 Å². The minimum Gasteiger partial charge on any atom is -0.508 e. The Morgan fingerprint density at radius 1 is 1.16 bits per heavy atom. The van der Waals surface area contributed by atoms with E-state index >= 15 is 0 Å². The van der Waals surface area contributed by atoms with Crippen LogP contribution in [0.3, 0.4) is 0 Å². The molecule has 0 bridgehead atoms. The van der Waals surface area contributed by atoms with Crippen LogP contribution in [-0.2, 0) is 27.2 Å². The second-order valence-corrected chi connectivity index (χ2v) is 11.2. The minimum absolute atomic E-state index is 0.0626. The first kappa shape index (κ1) is 26.7. The Morgan fingerprint density at radius 3 is 2.30 bits per heavy atom. The third-order valence-electron chi connectivity index (χ3n) is 7.89. The lowest BCUT2D eigenvalue weighted by molar-refractivity contribution is -0.153. The third kappa shape index (κ3) is 3.73. The molecule has 3 aliphatic rings. The van der Waals surface area contributed by atoms with Crippen molar-refractivity contribution in [3.63, 3.8) is 0 Å². The summed E-state index contributed by atoms with van der Waals surface area (Å²) in [6.45, 7) is 4.00. The first-order valence-corrected chi connectivity index (χ1v) is 12.3. The second kappa shape index (κ2) is 8.88. The lowest BCUT2D eigenvalue weighted by atomic mass is 9.57. The van der Waals surface area contributed by atoms with Crippen LogP contribution >= 0.6 is 0 Å². The Kier molecular flexibility index (Phi) is 6.41. The van der Waals surface area contributed by atoms with Crippen molar-refractivity contribution < 1.29 is 34.8 Å². The van der Waals surface area contributed by atoms with E-state index in [4.69, 9.17) is 5.73 Å². The van der Waals surface area contributed by atoms with Gasteiger partial charge in [-0.15, -0.1) is 0 Å². The molecule has 10 nitrogen and oxygen atoms in total. The Morgan fingerprint density at radius 2 is 1.78 bits per heavy atom. The summed E-state index contributed by atoms with van der Waals surface area (Å²) < 4.78 is 0. The molecule has 1 fully saturated rings. The van der Waals surface area contributed by atoms with Gasteiger partial charge in [-0.25, -0.2) is 0 Å². The van der Waals surface area contributed by atoms with Gasteiger partial charge in [0.2, 0.25) is 5.78 Å². The maximum atomic E-state index is 13.9. The number of rotatable bonds is 5. The topological polar surface area (TPSA) is 165 Å². The number of phenolic OH excluding ortho intramolecular Hbond substituents is 1. The Labute approximate surface area is 215 Å². The number of primary amides is 1. The molecule has 0 saturated heterocycles. The summed E-state index contributed by atoms with van der Waals surface area (Å²) in [5.74, 6) is -6.21.